The average Bonchev–Trinajstić information content (AvgIpc) is 3.29. The molecule has 172 valence electrons. The highest BCUT2D eigenvalue weighted by molar-refractivity contribution is 6.34. The maximum atomic E-state index is 12.7. The minimum atomic E-state index is -0.214. The Morgan fingerprint density at radius 2 is 1.82 bits per heavy atom. The first-order valence-corrected chi connectivity index (χ1v) is 11.8. The van der Waals surface area contributed by atoms with Crippen molar-refractivity contribution in [3.05, 3.63) is 70.2 Å². The molecule has 0 unspecified atom stereocenters. The van der Waals surface area contributed by atoms with Gasteiger partial charge in [0.15, 0.2) is 11.7 Å². The summed E-state index contributed by atoms with van der Waals surface area (Å²) in [5.74, 6) is 0.578. The van der Waals surface area contributed by atoms with E-state index >= 15 is 0 Å². The predicted octanol–water partition coefficient (Wildman–Crippen LogP) is 6.28. The van der Waals surface area contributed by atoms with Gasteiger partial charge in [0.05, 0.1) is 21.8 Å². The maximum absolute atomic E-state index is 12.7. The molecule has 0 saturated heterocycles. The number of benzene rings is 2. The zero-order valence-electron chi connectivity index (χ0n) is 18.1. The summed E-state index contributed by atoms with van der Waals surface area (Å²) in [6.45, 7) is 0. The summed E-state index contributed by atoms with van der Waals surface area (Å²) in [5.41, 5.74) is 1.63. The largest absolute Gasteiger partial charge is 0.441 e. The van der Waals surface area contributed by atoms with E-state index in [9.17, 15) is 9.59 Å². The second-order valence-corrected chi connectivity index (χ2v) is 8.96. The molecule has 3 aromatic rings. The summed E-state index contributed by atoms with van der Waals surface area (Å²) >= 11 is 12.4. The van der Waals surface area contributed by atoms with E-state index in [0.717, 1.165) is 31.2 Å². The van der Waals surface area contributed by atoms with Gasteiger partial charge in [-0.1, -0.05) is 54.6 Å². The Kier molecular flexibility index (Phi) is 7.68. The van der Waals surface area contributed by atoms with Crippen molar-refractivity contribution in [1.29, 1.82) is 0 Å². The van der Waals surface area contributed by atoms with Crippen LogP contribution in [0.25, 0.3) is 11.3 Å². The van der Waals surface area contributed by atoms with Gasteiger partial charge in [-0.2, -0.15) is 0 Å². The van der Waals surface area contributed by atoms with Crippen molar-refractivity contribution in [3.63, 3.8) is 0 Å². The molecule has 1 heterocycles. The van der Waals surface area contributed by atoms with Crippen LogP contribution in [0.3, 0.4) is 0 Å². The van der Waals surface area contributed by atoms with Crippen LogP contribution in [0.4, 0.5) is 5.69 Å². The summed E-state index contributed by atoms with van der Waals surface area (Å²) < 4.78 is 5.74. The first-order chi connectivity index (χ1) is 16.0. The molecule has 33 heavy (non-hydrogen) atoms. The number of carbonyl (C=O) groups is 2. The topological polar surface area (TPSA) is 84.2 Å². The molecule has 4 rings (SSSR count). The molecule has 1 aromatic heterocycles. The fraction of sp³-hybridized carbons (Fsp3) is 0.320. The molecule has 1 fully saturated rings. The van der Waals surface area contributed by atoms with E-state index in [-0.39, 0.29) is 24.3 Å². The molecular weight excluding hydrogens is 461 g/mol. The van der Waals surface area contributed by atoms with E-state index in [0.29, 0.717) is 39.4 Å². The SMILES string of the molecule is O=C(CCc1ncc(-c2ccccc2Cl)o1)Nc1ccc(Cl)c(C(=O)NC2CCCCC2)c1. The van der Waals surface area contributed by atoms with Crippen LogP contribution in [0.15, 0.2) is 53.1 Å². The lowest BCUT2D eigenvalue weighted by Gasteiger charge is -2.23. The standard InChI is InChI=1S/C25H25Cl2N3O3/c26-20-9-5-4-8-18(20)22-15-28-24(33-22)13-12-23(31)29-17-10-11-21(27)19(14-17)25(32)30-16-6-2-1-3-7-16/h4-5,8-11,14-16H,1-3,6-7,12-13H2,(H,29,31)(H,30,32). The van der Waals surface area contributed by atoms with Crippen LogP contribution in [0, 0.1) is 0 Å². The van der Waals surface area contributed by atoms with Crippen LogP contribution in [0.1, 0.15) is 54.8 Å². The van der Waals surface area contributed by atoms with Crippen molar-refractivity contribution in [2.75, 3.05) is 5.32 Å². The third-order valence-electron chi connectivity index (χ3n) is 5.69. The number of carbonyl (C=O) groups excluding carboxylic acids is 2. The average molecular weight is 486 g/mol. The van der Waals surface area contributed by atoms with Gasteiger partial charge < -0.3 is 15.1 Å². The summed E-state index contributed by atoms with van der Waals surface area (Å²) in [7, 11) is 0. The molecule has 0 radical (unpaired) electrons. The van der Waals surface area contributed by atoms with Gasteiger partial charge in [0.2, 0.25) is 5.91 Å². The molecule has 6 nitrogen and oxygen atoms in total. The van der Waals surface area contributed by atoms with E-state index in [1.54, 1.807) is 30.5 Å². The highest BCUT2D eigenvalue weighted by Crippen LogP contribution is 2.28. The molecular formula is C25H25Cl2N3O3. The normalized spacial score (nSPS) is 14.1. The zero-order chi connectivity index (χ0) is 23.2. The minimum Gasteiger partial charge on any atom is -0.441 e. The summed E-state index contributed by atoms with van der Waals surface area (Å²) in [5, 5.41) is 6.80. The van der Waals surface area contributed by atoms with E-state index in [1.807, 2.05) is 18.2 Å². The number of oxazole rings is 1. The first-order valence-electron chi connectivity index (χ1n) is 11.1. The number of nitrogens with zero attached hydrogens (tertiary/aromatic N) is 1. The molecule has 0 aliphatic heterocycles. The Labute approximate surface area is 202 Å². The number of hydrogen-bond donors (Lipinski definition) is 2. The molecule has 1 saturated carbocycles. The second kappa shape index (κ2) is 10.9. The van der Waals surface area contributed by atoms with Crippen LogP contribution >= 0.6 is 23.2 Å². The van der Waals surface area contributed by atoms with Gasteiger partial charge >= 0.3 is 0 Å². The van der Waals surface area contributed by atoms with E-state index in [1.165, 1.54) is 6.42 Å². The molecule has 2 amide bonds. The van der Waals surface area contributed by atoms with Crippen molar-refractivity contribution in [2.24, 2.45) is 0 Å². The molecule has 1 aliphatic carbocycles. The number of halogens is 2. The van der Waals surface area contributed by atoms with Crippen LogP contribution in [0.5, 0.6) is 0 Å². The van der Waals surface area contributed by atoms with Crippen molar-refractivity contribution >= 4 is 40.7 Å². The summed E-state index contributed by atoms with van der Waals surface area (Å²) in [6, 6.07) is 12.4. The molecule has 0 atom stereocenters. The summed E-state index contributed by atoms with van der Waals surface area (Å²) in [4.78, 5) is 29.4. The Bertz CT molecular complexity index is 1140. The van der Waals surface area contributed by atoms with Crippen LogP contribution in [0.2, 0.25) is 10.0 Å². The van der Waals surface area contributed by atoms with Gasteiger partial charge in [-0.05, 0) is 43.2 Å². The van der Waals surface area contributed by atoms with Gasteiger partial charge in [-0.3, -0.25) is 9.59 Å². The van der Waals surface area contributed by atoms with Crippen LogP contribution < -0.4 is 10.6 Å². The maximum Gasteiger partial charge on any atom is 0.253 e. The number of nitrogens with one attached hydrogen (secondary N) is 2. The lowest BCUT2D eigenvalue weighted by Crippen LogP contribution is -2.36. The number of amides is 2. The summed E-state index contributed by atoms with van der Waals surface area (Å²) in [6.07, 6.45) is 7.54. The van der Waals surface area contributed by atoms with Gasteiger partial charge in [0.1, 0.15) is 0 Å². The lowest BCUT2D eigenvalue weighted by atomic mass is 9.95. The number of aryl methyl sites for hydroxylation is 1. The Morgan fingerprint density at radius 3 is 2.61 bits per heavy atom. The molecule has 0 bridgehead atoms. The van der Waals surface area contributed by atoms with Gasteiger partial charge in [0.25, 0.3) is 5.91 Å². The minimum absolute atomic E-state index is 0.175. The van der Waals surface area contributed by atoms with Crippen molar-refractivity contribution in [3.8, 4) is 11.3 Å². The number of aromatic nitrogens is 1. The molecule has 2 N–H and O–H groups in total. The highest BCUT2D eigenvalue weighted by Gasteiger charge is 2.19. The number of rotatable bonds is 7. The number of hydrogen-bond acceptors (Lipinski definition) is 4. The molecule has 8 heteroatoms. The number of anilines is 1. The third kappa shape index (κ3) is 6.15. The van der Waals surface area contributed by atoms with Crippen LogP contribution in [-0.4, -0.2) is 22.8 Å². The fourth-order valence-electron chi connectivity index (χ4n) is 3.94. The van der Waals surface area contributed by atoms with E-state index in [4.69, 9.17) is 27.6 Å². The van der Waals surface area contributed by atoms with Gasteiger partial charge in [-0.15, -0.1) is 0 Å². The zero-order valence-corrected chi connectivity index (χ0v) is 19.6. The van der Waals surface area contributed by atoms with Gasteiger partial charge in [0, 0.05) is 30.1 Å². The van der Waals surface area contributed by atoms with Crippen molar-refractivity contribution in [1.82, 2.24) is 10.3 Å². The predicted molar refractivity (Wildman–Crippen MR) is 130 cm³/mol. The lowest BCUT2D eigenvalue weighted by molar-refractivity contribution is -0.116. The van der Waals surface area contributed by atoms with E-state index in [2.05, 4.69) is 15.6 Å². The first kappa shape index (κ1) is 23.3. The van der Waals surface area contributed by atoms with E-state index < -0.39 is 0 Å². The van der Waals surface area contributed by atoms with Gasteiger partial charge in [-0.25, -0.2) is 4.98 Å². The van der Waals surface area contributed by atoms with Crippen molar-refractivity contribution < 1.29 is 14.0 Å². The second-order valence-electron chi connectivity index (χ2n) is 8.15. The Balaban J connectivity index is 1.33. The fourth-order valence-corrected chi connectivity index (χ4v) is 4.37. The van der Waals surface area contributed by atoms with Crippen molar-refractivity contribution in [2.45, 2.75) is 51.0 Å². The molecule has 2 aromatic carbocycles. The Morgan fingerprint density at radius 1 is 1.03 bits per heavy atom. The molecule has 0 spiro atoms. The van der Waals surface area contributed by atoms with Crippen LogP contribution in [-0.2, 0) is 11.2 Å². The highest BCUT2D eigenvalue weighted by atomic mass is 35.5. The Hall–Kier alpha value is -2.83. The quantitative estimate of drug-likeness (QED) is 0.412. The monoisotopic (exact) mass is 485 g/mol. The third-order valence-corrected chi connectivity index (χ3v) is 6.35. The molecule has 1 aliphatic rings. The smallest absolute Gasteiger partial charge is 0.253 e.